The smallest absolute Gasteiger partial charge is 0.251 e. The fourth-order valence-corrected chi connectivity index (χ4v) is 6.37. The topological polar surface area (TPSA) is 87.3 Å². The predicted molar refractivity (Wildman–Crippen MR) is 143 cm³/mol. The highest BCUT2D eigenvalue weighted by molar-refractivity contribution is 6.04. The zero-order valence-corrected chi connectivity index (χ0v) is 22.4. The summed E-state index contributed by atoms with van der Waals surface area (Å²) in [7, 11) is 0. The molecule has 3 saturated carbocycles. The van der Waals surface area contributed by atoms with Crippen molar-refractivity contribution in [2.45, 2.75) is 116 Å². The van der Waals surface area contributed by atoms with E-state index in [9.17, 15) is 14.4 Å². The van der Waals surface area contributed by atoms with Crippen LogP contribution in [0.1, 0.15) is 129 Å². The van der Waals surface area contributed by atoms with Crippen LogP contribution < -0.4 is 16.0 Å². The Morgan fingerprint density at radius 3 is 1.00 bits per heavy atom. The Bertz CT molecular complexity index is 814. The molecule has 6 nitrogen and oxygen atoms in total. The second kappa shape index (κ2) is 12.2. The minimum absolute atomic E-state index is 0.132. The van der Waals surface area contributed by atoms with Gasteiger partial charge in [-0.15, -0.1) is 0 Å². The lowest BCUT2D eigenvalue weighted by atomic mass is 9.85. The Balaban J connectivity index is 1.56. The number of benzene rings is 1. The lowest BCUT2D eigenvalue weighted by Gasteiger charge is -2.30. The van der Waals surface area contributed by atoms with E-state index in [0.29, 0.717) is 34.4 Å². The van der Waals surface area contributed by atoms with E-state index < -0.39 is 0 Å². The van der Waals surface area contributed by atoms with Gasteiger partial charge >= 0.3 is 0 Å². The molecule has 0 aromatic heterocycles. The van der Waals surface area contributed by atoms with Crippen LogP contribution in [0.5, 0.6) is 0 Å². The molecule has 0 aliphatic heterocycles. The average molecular weight is 496 g/mol. The van der Waals surface area contributed by atoms with Gasteiger partial charge in [0.2, 0.25) is 0 Å². The Morgan fingerprint density at radius 2 is 0.750 bits per heavy atom. The van der Waals surface area contributed by atoms with E-state index in [1.54, 1.807) is 18.2 Å². The first-order chi connectivity index (χ1) is 17.3. The molecule has 0 spiro atoms. The molecule has 3 aliphatic carbocycles. The van der Waals surface area contributed by atoms with E-state index >= 15 is 0 Å². The molecule has 6 heteroatoms. The van der Waals surface area contributed by atoms with E-state index in [4.69, 9.17) is 0 Å². The van der Waals surface area contributed by atoms with Gasteiger partial charge in [0.1, 0.15) is 0 Å². The van der Waals surface area contributed by atoms with Crippen molar-refractivity contribution >= 4 is 17.7 Å². The van der Waals surface area contributed by atoms with Crippen LogP contribution in [-0.2, 0) is 0 Å². The normalized spacial score (nSPS) is 30.8. The van der Waals surface area contributed by atoms with E-state index in [1.165, 1.54) is 19.3 Å². The van der Waals surface area contributed by atoms with Gasteiger partial charge in [0, 0.05) is 34.8 Å². The summed E-state index contributed by atoms with van der Waals surface area (Å²) in [4.78, 5) is 40.0. The number of carbonyl (C=O) groups excluding carboxylic acids is 3. The third-order valence-corrected chi connectivity index (χ3v) is 9.00. The Labute approximate surface area is 216 Å². The average Bonchev–Trinajstić information content (AvgIpc) is 2.87. The van der Waals surface area contributed by atoms with Crippen molar-refractivity contribution in [2.24, 2.45) is 17.8 Å². The molecule has 0 bridgehead atoms. The molecule has 6 unspecified atom stereocenters. The summed E-state index contributed by atoms with van der Waals surface area (Å²) < 4.78 is 0. The first kappa shape index (κ1) is 26.7. The van der Waals surface area contributed by atoms with Crippen molar-refractivity contribution in [3.05, 3.63) is 34.9 Å². The maximum absolute atomic E-state index is 13.3. The molecule has 6 atom stereocenters. The number of amides is 3. The Morgan fingerprint density at radius 1 is 0.500 bits per heavy atom. The van der Waals surface area contributed by atoms with E-state index in [-0.39, 0.29) is 35.8 Å². The highest BCUT2D eigenvalue weighted by atomic mass is 16.2. The van der Waals surface area contributed by atoms with Crippen LogP contribution in [-0.4, -0.2) is 35.8 Å². The monoisotopic (exact) mass is 495 g/mol. The molecule has 0 saturated heterocycles. The number of rotatable bonds is 6. The summed E-state index contributed by atoms with van der Waals surface area (Å²) in [6.45, 7) is 6.55. The first-order valence-corrected chi connectivity index (χ1v) is 14.4. The summed E-state index contributed by atoms with van der Waals surface area (Å²) in [5.41, 5.74) is 1.16. The largest absolute Gasteiger partial charge is 0.349 e. The molecular weight excluding hydrogens is 450 g/mol. The predicted octanol–water partition coefficient (Wildman–Crippen LogP) is 5.61. The van der Waals surface area contributed by atoms with Gasteiger partial charge in [-0.3, -0.25) is 14.4 Å². The fourth-order valence-electron chi connectivity index (χ4n) is 6.37. The molecule has 3 N–H and O–H groups in total. The van der Waals surface area contributed by atoms with Crippen LogP contribution in [0.2, 0.25) is 0 Å². The minimum atomic E-state index is -0.200. The maximum atomic E-state index is 13.3. The van der Waals surface area contributed by atoms with Gasteiger partial charge in [-0.2, -0.15) is 0 Å². The van der Waals surface area contributed by atoms with Crippen LogP contribution in [0.3, 0.4) is 0 Å². The quantitative estimate of drug-likeness (QED) is 0.479. The van der Waals surface area contributed by atoms with Gasteiger partial charge in [-0.1, -0.05) is 59.3 Å². The van der Waals surface area contributed by atoms with E-state index in [1.807, 2.05) is 0 Å². The molecule has 3 amide bonds. The standard InChI is InChI=1S/C30H45N3O3/c1-19-10-4-7-13-25(19)31-28(34)22-16-23(29(35)32-26-14-8-5-11-20(26)2)18-24(17-22)30(36)33-27-15-9-6-12-21(27)3/h16-21,25-27H,4-15H2,1-3H3,(H,31,34)(H,32,35)(H,33,36). The second-order valence-corrected chi connectivity index (χ2v) is 11.8. The van der Waals surface area contributed by atoms with Crippen LogP contribution in [0.25, 0.3) is 0 Å². The third-order valence-electron chi connectivity index (χ3n) is 9.00. The molecule has 198 valence electrons. The maximum Gasteiger partial charge on any atom is 0.251 e. The summed E-state index contributed by atoms with van der Waals surface area (Å²) >= 11 is 0. The fraction of sp³-hybridized carbons (Fsp3) is 0.700. The summed E-state index contributed by atoms with van der Waals surface area (Å²) in [6, 6.07) is 5.37. The molecule has 3 aliphatic rings. The highest BCUT2D eigenvalue weighted by Gasteiger charge is 2.28. The van der Waals surface area contributed by atoms with Crippen molar-refractivity contribution in [3.63, 3.8) is 0 Å². The van der Waals surface area contributed by atoms with Crippen molar-refractivity contribution in [2.75, 3.05) is 0 Å². The molecule has 1 aromatic carbocycles. The van der Waals surface area contributed by atoms with E-state index in [2.05, 4.69) is 36.7 Å². The van der Waals surface area contributed by atoms with Crippen molar-refractivity contribution in [1.82, 2.24) is 16.0 Å². The number of hydrogen-bond donors (Lipinski definition) is 3. The number of nitrogens with one attached hydrogen (secondary N) is 3. The summed E-state index contributed by atoms with van der Waals surface area (Å²) in [5.74, 6) is 0.686. The SMILES string of the molecule is CC1CCCCC1NC(=O)c1cc(C(=O)NC2CCCCC2C)cc(C(=O)NC2CCCCC2C)c1. The molecular formula is C30H45N3O3. The van der Waals surface area contributed by atoms with Gasteiger partial charge in [-0.05, 0) is 74.5 Å². The summed E-state index contributed by atoms with van der Waals surface area (Å²) in [6.07, 6.45) is 13.2. The van der Waals surface area contributed by atoms with Crippen LogP contribution in [0.4, 0.5) is 0 Å². The Hall–Kier alpha value is -2.37. The molecule has 36 heavy (non-hydrogen) atoms. The van der Waals surface area contributed by atoms with Crippen LogP contribution >= 0.6 is 0 Å². The first-order valence-electron chi connectivity index (χ1n) is 14.4. The van der Waals surface area contributed by atoms with Crippen molar-refractivity contribution < 1.29 is 14.4 Å². The third kappa shape index (κ3) is 6.68. The van der Waals surface area contributed by atoms with Crippen molar-refractivity contribution in [3.8, 4) is 0 Å². The van der Waals surface area contributed by atoms with Gasteiger partial charge in [0.25, 0.3) is 17.7 Å². The van der Waals surface area contributed by atoms with Crippen molar-refractivity contribution in [1.29, 1.82) is 0 Å². The van der Waals surface area contributed by atoms with E-state index in [0.717, 1.165) is 57.8 Å². The zero-order chi connectivity index (χ0) is 25.7. The highest BCUT2D eigenvalue weighted by Crippen LogP contribution is 2.27. The summed E-state index contributed by atoms with van der Waals surface area (Å²) in [5, 5.41) is 9.58. The zero-order valence-electron chi connectivity index (χ0n) is 22.4. The van der Waals surface area contributed by atoms with Crippen LogP contribution in [0.15, 0.2) is 18.2 Å². The van der Waals surface area contributed by atoms with Crippen LogP contribution in [0, 0.1) is 17.8 Å². The minimum Gasteiger partial charge on any atom is -0.349 e. The number of carbonyl (C=O) groups is 3. The van der Waals surface area contributed by atoms with Gasteiger partial charge < -0.3 is 16.0 Å². The number of hydrogen-bond acceptors (Lipinski definition) is 3. The van der Waals surface area contributed by atoms with Gasteiger partial charge in [0.05, 0.1) is 0 Å². The molecule has 0 radical (unpaired) electrons. The molecule has 1 aromatic rings. The Kier molecular flexibility index (Phi) is 9.08. The van der Waals surface area contributed by atoms with Gasteiger partial charge in [-0.25, -0.2) is 0 Å². The second-order valence-electron chi connectivity index (χ2n) is 11.8. The lowest BCUT2D eigenvalue weighted by molar-refractivity contribution is 0.0910. The lowest BCUT2D eigenvalue weighted by Crippen LogP contribution is -2.43. The molecule has 3 fully saturated rings. The molecule has 0 heterocycles. The molecule has 4 rings (SSSR count). The van der Waals surface area contributed by atoms with Gasteiger partial charge in [0.15, 0.2) is 0 Å².